The van der Waals surface area contributed by atoms with Gasteiger partial charge >= 0.3 is 0 Å². The molecule has 0 aromatic heterocycles. The van der Waals surface area contributed by atoms with Gasteiger partial charge in [-0.15, -0.1) is 0 Å². The van der Waals surface area contributed by atoms with E-state index in [9.17, 15) is 4.79 Å². The number of hydrogen-bond donors (Lipinski definition) is 1. The van der Waals surface area contributed by atoms with E-state index in [2.05, 4.69) is 37.4 Å². The van der Waals surface area contributed by atoms with Crippen LogP contribution in [0.25, 0.3) is 0 Å². The van der Waals surface area contributed by atoms with Crippen molar-refractivity contribution in [2.24, 2.45) is 11.8 Å². The minimum absolute atomic E-state index is 0.00190. The normalized spacial score (nSPS) is 29.0. The van der Waals surface area contributed by atoms with E-state index in [0.717, 1.165) is 31.6 Å². The summed E-state index contributed by atoms with van der Waals surface area (Å²) in [4.78, 5) is 15.0. The molecule has 0 bridgehead atoms. The van der Waals surface area contributed by atoms with Gasteiger partial charge in [-0.2, -0.15) is 0 Å². The summed E-state index contributed by atoms with van der Waals surface area (Å²) in [7, 11) is 0. The molecule has 0 radical (unpaired) electrons. The van der Waals surface area contributed by atoms with Crippen molar-refractivity contribution in [1.82, 2.24) is 5.32 Å². The Bertz CT molecular complexity index is 514. The van der Waals surface area contributed by atoms with E-state index in [-0.39, 0.29) is 11.9 Å². The predicted octanol–water partition coefficient (Wildman–Crippen LogP) is 2.99. The van der Waals surface area contributed by atoms with E-state index in [1.165, 1.54) is 18.4 Å². The Hall–Kier alpha value is -1.35. The number of fused-ring (bicyclic) bond motifs is 1. The average molecular weight is 286 g/mol. The molecule has 3 heteroatoms. The Balaban J connectivity index is 1.81. The van der Waals surface area contributed by atoms with Crippen LogP contribution in [-0.2, 0) is 11.2 Å². The summed E-state index contributed by atoms with van der Waals surface area (Å²) in [5, 5.41) is 3.43. The lowest BCUT2D eigenvalue weighted by molar-refractivity contribution is -0.121. The van der Waals surface area contributed by atoms with Crippen molar-refractivity contribution in [1.29, 1.82) is 0 Å². The Morgan fingerprint density at radius 3 is 3.00 bits per heavy atom. The van der Waals surface area contributed by atoms with Gasteiger partial charge < -0.3 is 10.2 Å². The number of amides is 1. The van der Waals surface area contributed by atoms with Gasteiger partial charge in [-0.1, -0.05) is 38.5 Å². The van der Waals surface area contributed by atoms with Gasteiger partial charge in [0, 0.05) is 12.2 Å². The Labute approximate surface area is 127 Å². The molecule has 2 heterocycles. The van der Waals surface area contributed by atoms with E-state index in [1.54, 1.807) is 0 Å². The SMILES string of the molecule is CCC1CCNC(C(=O)N2CC(C)Cc3ccccc32)C1. The number of carbonyl (C=O) groups excluding carboxylic acids is 1. The molecular formula is C18H26N2O. The van der Waals surface area contributed by atoms with Crippen LogP contribution in [0.3, 0.4) is 0 Å². The first-order valence-electron chi connectivity index (χ1n) is 8.31. The molecule has 2 aliphatic heterocycles. The molecule has 3 unspecified atom stereocenters. The number of anilines is 1. The lowest BCUT2D eigenvalue weighted by atomic mass is 9.88. The molecular weight excluding hydrogens is 260 g/mol. The zero-order valence-corrected chi connectivity index (χ0v) is 13.1. The number of benzene rings is 1. The molecule has 3 rings (SSSR count). The van der Waals surface area contributed by atoms with Crippen LogP contribution in [0.4, 0.5) is 5.69 Å². The Morgan fingerprint density at radius 1 is 1.38 bits per heavy atom. The second kappa shape index (κ2) is 6.18. The molecule has 1 fully saturated rings. The van der Waals surface area contributed by atoms with E-state index >= 15 is 0 Å². The van der Waals surface area contributed by atoms with Gasteiger partial charge in [0.1, 0.15) is 0 Å². The molecule has 1 saturated heterocycles. The third-order valence-electron chi connectivity index (χ3n) is 5.00. The second-order valence-corrected chi connectivity index (χ2v) is 6.69. The summed E-state index contributed by atoms with van der Waals surface area (Å²) >= 11 is 0. The summed E-state index contributed by atoms with van der Waals surface area (Å²) < 4.78 is 0. The number of nitrogens with zero attached hydrogens (tertiary/aromatic N) is 1. The van der Waals surface area contributed by atoms with Gasteiger partial charge in [0.05, 0.1) is 6.04 Å². The van der Waals surface area contributed by atoms with Crippen LogP contribution >= 0.6 is 0 Å². The van der Waals surface area contributed by atoms with Crippen LogP contribution in [0.1, 0.15) is 38.7 Å². The zero-order chi connectivity index (χ0) is 14.8. The van der Waals surface area contributed by atoms with E-state index in [0.29, 0.717) is 11.8 Å². The molecule has 1 aromatic carbocycles. The second-order valence-electron chi connectivity index (χ2n) is 6.69. The van der Waals surface area contributed by atoms with E-state index in [4.69, 9.17) is 0 Å². The van der Waals surface area contributed by atoms with E-state index < -0.39 is 0 Å². The Kier molecular flexibility index (Phi) is 4.29. The summed E-state index contributed by atoms with van der Waals surface area (Å²) in [5.41, 5.74) is 2.44. The van der Waals surface area contributed by atoms with Crippen molar-refractivity contribution in [3.63, 3.8) is 0 Å². The lowest BCUT2D eigenvalue weighted by Gasteiger charge is -2.37. The summed E-state index contributed by atoms with van der Waals surface area (Å²) in [5.74, 6) is 1.50. The number of carbonyl (C=O) groups is 1. The molecule has 114 valence electrons. The van der Waals surface area contributed by atoms with Crippen molar-refractivity contribution >= 4 is 11.6 Å². The third-order valence-corrected chi connectivity index (χ3v) is 5.00. The van der Waals surface area contributed by atoms with Crippen LogP contribution in [0.5, 0.6) is 0 Å². The maximum absolute atomic E-state index is 13.0. The Morgan fingerprint density at radius 2 is 2.19 bits per heavy atom. The number of para-hydroxylation sites is 1. The van der Waals surface area contributed by atoms with Gasteiger partial charge in [0.15, 0.2) is 0 Å². The third kappa shape index (κ3) is 2.98. The highest BCUT2D eigenvalue weighted by atomic mass is 16.2. The predicted molar refractivity (Wildman–Crippen MR) is 86.5 cm³/mol. The van der Waals surface area contributed by atoms with Gasteiger partial charge in [-0.3, -0.25) is 4.79 Å². The largest absolute Gasteiger partial charge is 0.311 e. The molecule has 1 aromatic rings. The molecule has 2 aliphatic rings. The van der Waals surface area contributed by atoms with Crippen molar-refractivity contribution in [2.75, 3.05) is 18.0 Å². The molecule has 0 aliphatic carbocycles. The summed E-state index contributed by atoms with van der Waals surface area (Å²) in [6, 6.07) is 8.37. The number of piperidine rings is 1. The molecule has 0 spiro atoms. The van der Waals surface area contributed by atoms with Crippen molar-refractivity contribution < 1.29 is 4.79 Å². The highest BCUT2D eigenvalue weighted by molar-refractivity contribution is 5.98. The van der Waals surface area contributed by atoms with Crippen molar-refractivity contribution in [3.05, 3.63) is 29.8 Å². The van der Waals surface area contributed by atoms with Crippen LogP contribution in [0, 0.1) is 11.8 Å². The summed E-state index contributed by atoms with van der Waals surface area (Å²) in [6.07, 6.45) is 4.45. The molecule has 21 heavy (non-hydrogen) atoms. The molecule has 0 saturated carbocycles. The highest BCUT2D eigenvalue weighted by Crippen LogP contribution is 2.31. The quantitative estimate of drug-likeness (QED) is 0.906. The molecule has 1 N–H and O–H groups in total. The maximum Gasteiger partial charge on any atom is 0.244 e. The maximum atomic E-state index is 13.0. The fourth-order valence-electron chi connectivity index (χ4n) is 3.75. The van der Waals surface area contributed by atoms with Gasteiger partial charge in [0.2, 0.25) is 5.91 Å². The molecule has 3 nitrogen and oxygen atoms in total. The topological polar surface area (TPSA) is 32.3 Å². The minimum Gasteiger partial charge on any atom is -0.311 e. The molecule has 1 amide bonds. The summed E-state index contributed by atoms with van der Waals surface area (Å²) in [6.45, 7) is 6.29. The fraction of sp³-hybridized carbons (Fsp3) is 0.611. The zero-order valence-electron chi connectivity index (χ0n) is 13.1. The number of nitrogens with one attached hydrogen (secondary N) is 1. The van der Waals surface area contributed by atoms with E-state index in [1.807, 2.05) is 11.0 Å². The van der Waals surface area contributed by atoms with Gasteiger partial charge in [-0.25, -0.2) is 0 Å². The minimum atomic E-state index is 0.00190. The molecule has 3 atom stereocenters. The highest BCUT2D eigenvalue weighted by Gasteiger charge is 2.33. The van der Waals surface area contributed by atoms with Crippen LogP contribution < -0.4 is 10.2 Å². The first-order valence-corrected chi connectivity index (χ1v) is 8.31. The first kappa shape index (κ1) is 14.6. The van der Waals surface area contributed by atoms with Crippen LogP contribution in [-0.4, -0.2) is 25.0 Å². The van der Waals surface area contributed by atoms with Crippen LogP contribution in [0.2, 0.25) is 0 Å². The number of rotatable bonds is 2. The van der Waals surface area contributed by atoms with Gasteiger partial charge in [0.25, 0.3) is 0 Å². The smallest absolute Gasteiger partial charge is 0.244 e. The van der Waals surface area contributed by atoms with Crippen LogP contribution in [0.15, 0.2) is 24.3 Å². The number of hydrogen-bond acceptors (Lipinski definition) is 2. The van der Waals surface area contributed by atoms with Gasteiger partial charge in [-0.05, 0) is 49.3 Å². The first-order chi connectivity index (χ1) is 10.2. The van der Waals surface area contributed by atoms with Crippen molar-refractivity contribution in [3.8, 4) is 0 Å². The average Bonchev–Trinajstić information content (AvgIpc) is 2.53. The fourth-order valence-corrected chi connectivity index (χ4v) is 3.75. The lowest BCUT2D eigenvalue weighted by Crippen LogP contribution is -2.52. The monoisotopic (exact) mass is 286 g/mol. The van der Waals surface area contributed by atoms with Crippen molar-refractivity contribution in [2.45, 2.75) is 45.6 Å². The standard InChI is InChI=1S/C18H26N2O/c1-3-14-8-9-19-16(11-14)18(21)20-12-13(2)10-15-6-4-5-7-17(15)20/h4-7,13-14,16,19H,3,8-12H2,1-2H3.